The average Bonchev–Trinajstić information content (AvgIpc) is 1.98. The maximum Gasteiger partial charge on any atom is 0.212 e. The predicted molar refractivity (Wildman–Crippen MR) is 52.7 cm³/mol. The SMILES string of the molecule is C=CCCS(=O)(=O)NC1CC(N)C1. The van der Waals surface area contributed by atoms with Gasteiger partial charge in [-0.25, -0.2) is 13.1 Å². The molecule has 4 nitrogen and oxygen atoms in total. The Labute approximate surface area is 79.2 Å². The van der Waals surface area contributed by atoms with Crippen LogP contribution in [0.3, 0.4) is 0 Å². The van der Waals surface area contributed by atoms with Crippen LogP contribution in [-0.4, -0.2) is 26.3 Å². The number of allylic oxidation sites excluding steroid dienone is 1. The molecule has 1 aliphatic rings. The Morgan fingerprint density at radius 3 is 2.62 bits per heavy atom. The Kier molecular flexibility index (Phi) is 3.47. The summed E-state index contributed by atoms with van der Waals surface area (Å²) < 4.78 is 25.2. The number of nitrogens with one attached hydrogen (secondary N) is 1. The summed E-state index contributed by atoms with van der Waals surface area (Å²) in [5, 5.41) is 0. The van der Waals surface area contributed by atoms with Crippen LogP contribution >= 0.6 is 0 Å². The Morgan fingerprint density at radius 2 is 2.15 bits per heavy atom. The van der Waals surface area contributed by atoms with Crippen molar-refractivity contribution in [2.75, 3.05) is 5.75 Å². The van der Waals surface area contributed by atoms with Crippen molar-refractivity contribution in [1.29, 1.82) is 0 Å². The van der Waals surface area contributed by atoms with E-state index >= 15 is 0 Å². The maximum atomic E-state index is 11.3. The lowest BCUT2D eigenvalue weighted by Gasteiger charge is -2.32. The molecule has 1 aliphatic carbocycles. The van der Waals surface area contributed by atoms with Gasteiger partial charge in [-0.1, -0.05) is 6.08 Å². The molecule has 0 aromatic carbocycles. The molecular formula is C8H16N2O2S. The molecule has 1 rings (SSSR count). The first kappa shape index (κ1) is 10.7. The molecule has 0 saturated heterocycles. The van der Waals surface area contributed by atoms with Gasteiger partial charge in [-0.15, -0.1) is 6.58 Å². The van der Waals surface area contributed by atoms with E-state index in [4.69, 9.17) is 5.73 Å². The third-order valence-electron chi connectivity index (χ3n) is 2.11. The van der Waals surface area contributed by atoms with Crippen LogP contribution < -0.4 is 10.5 Å². The molecule has 76 valence electrons. The lowest BCUT2D eigenvalue weighted by Crippen LogP contribution is -2.50. The fraction of sp³-hybridized carbons (Fsp3) is 0.750. The molecule has 13 heavy (non-hydrogen) atoms. The fourth-order valence-corrected chi connectivity index (χ4v) is 2.60. The minimum atomic E-state index is -3.10. The summed E-state index contributed by atoms with van der Waals surface area (Å²) in [6, 6.07) is 0.233. The Balaban J connectivity index is 2.30. The van der Waals surface area contributed by atoms with Crippen molar-refractivity contribution >= 4 is 10.0 Å². The topological polar surface area (TPSA) is 72.2 Å². The lowest BCUT2D eigenvalue weighted by atomic mass is 9.89. The molecule has 1 saturated carbocycles. The van der Waals surface area contributed by atoms with Gasteiger partial charge in [0, 0.05) is 12.1 Å². The largest absolute Gasteiger partial charge is 0.328 e. The van der Waals surface area contributed by atoms with E-state index in [0.29, 0.717) is 6.42 Å². The molecule has 0 unspecified atom stereocenters. The third-order valence-corrected chi connectivity index (χ3v) is 3.58. The van der Waals surface area contributed by atoms with Crippen LogP contribution in [0.1, 0.15) is 19.3 Å². The summed E-state index contributed by atoms with van der Waals surface area (Å²) in [5.41, 5.74) is 5.54. The molecular weight excluding hydrogens is 188 g/mol. The van der Waals surface area contributed by atoms with Crippen LogP contribution in [0.4, 0.5) is 0 Å². The predicted octanol–water partition coefficient (Wildman–Crippen LogP) is -0.0284. The van der Waals surface area contributed by atoms with E-state index in [0.717, 1.165) is 12.8 Å². The number of sulfonamides is 1. The fourth-order valence-electron chi connectivity index (χ4n) is 1.31. The summed E-state index contributed by atoms with van der Waals surface area (Å²) in [7, 11) is -3.10. The van der Waals surface area contributed by atoms with Gasteiger partial charge in [0.15, 0.2) is 0 Å². The van der Waals surface area contributed by atoms with Gasteiger partial charge in [0.25, 0.3) is 0 Å². The van der Waals surface area contributed by atoms with Gasteiger partial charge in [-0.2, -0.15) is 0 Å². The van der Waals surface area contributed by atoms with Gasteiger partial charge < -0.3 is 5.73 Å². The van der Waals surface area contributed by atoms with Crippen LogP contribution in [0, 0.1) is 0 Å². The summed E-state index contributed by atoms with van der Waals surface area (Å²) in [5.74, 6) is 0.127. The van der Waals surface area contributed by atoms with E-state index in [1.807, 2.05) is 0 Å². The van der Waals surface area contributed by atoms with E-state index in [-0.39, 0.29) is 17.8 Å². The Hall–Kier alpha value is -0.390. The van der Waals surface area contributed by atoms with Gasteiger partial charge in [0.1, 0.15) is 0 Å². The number of hydrogen-bond donors (Lipinski definition) is 2. The molecule has 5 heteroatoms. The number of hydrogen-bond acceptors (Lipinski definition) is 3. The third kappa shape index (κ3) is 3.46. The monoisotopic (exact) mass is 204 g/mol. The van der Waals surface area contributed by atoms with E-state index in [2.05, 4.69) is 11.3 Å². The van der Waals surface area contributed by atoms with Crippen molar-refractivity contribution in [3.05, 3.63) is 12.7 Å². The first-order valence-corrected chi connectivity index (χ1v) is 6.05. The molecule has 0 aliphatic heterocycles. The van der Waals surface area contributed by atoms with E-state index in [9.17, 15) is 8.42 Å². The molecule has 0 atom stereocenters. The molecule has 0 aromatic heterocycles. The van der Waals surface area contributed by atoms with Crippen molar-refractivity contribution in [3.63, 3.8) is 0 Å². The van der Waals surface area contributed by atoms with Crippen molar-refractivity contribution in [2.24, 2.45) is 5.73 Å². The molecule has 0 radical (unpaired) electrons. The zero-order chi connectivity index (χ0) is 9.90. The molecule has 0 heterocycles. The first-order chi connectivity index (χ1) is 6.03. The van der Waals surface area contributed by atoms with Gasteiger partial charge in [0.2, 0.25) is 10.0 Å². The summed E-state index contributed by atoms with van der Waals surface area (Å²) in [4.78, 5) is 0. The molecule has 1 fully saturated rings. The molecule has 0 aromatic rings. The summed E-state index contributed by atoms with van der Waals surface area (Å²) >= 11 is 0. The average molecular weight is 204 g/mol. The molecule has 0 spiro atoms. The van der Waals surface area contributed by atoms with Gasteiger partial charge in [-0.05, 0) is 19.3 Å². The van der Waals surface area contributed by atoms with Crippen LogP contribution in [0.5, 0.6) is 0 Å². The van der Waals surface area contributed by atoms with Crippen LogP contribution in [-0.2, 0) is 10.0 Å². The van der Waals surface area contributed by atoms with Gasteiger partial charge in [-0.3, -0.25) is 0 Å². The highest BCUT2D eigenvalue weighted by molar-refractivity contribution is 7.89. The van der Waals surface area contributed by atoms with Gasteiger partial charge in [0.05, 0.1) is 5.75 Å². The minimum Gasteiger partial charge on any atom is -0.328 e. The zero-order valence-electron chi connectivity index (χ0n) is 7.57. The number of nitrogens with two attached hydrogens (primary N) is 1. The van der Waals surface area contributed by atoms with Crippen LogP contribution in [0.25, 0.3) is 0 Å². The smallest absolute Gasteiger partial charge is 0.212 e. The highest BCUT2D eigenvalue weighted by Crippen LogP contribution is 2.18. The molecule has 3 N–H and O–H groups in total. The first-order valence-electron chi connectivity index (χ1n) is 4.40. The second-order valence-corrected chi connectivity index (χ2v) is 5.32. The minimum absolute atomic E-state index is 0.0600. The van der Waals surface area contributed by atoms with E-state index in [1.165, 1.54) is 0 Å². The second kappa shape index (κ2) is 4.21. The Morgan fingerprint density at radius 1 is 1.54 bits per heavy atom. The molecule has 0 amide bonds. The normalized spacial score (nSPS) is 28.1. The van der Waals surface area contributed by atoms with Gasteiger partial charge >= 0.3 is 0 Å². The summed E-state index contributed by atoms with van der Waals surface area (Å²) in [6.45, 7) is 3.48. The maximum absolute atomic E-state index is 11.3. The van der Waals surface area contributed by atoms with E-state index < -0.39 is 10.0 Å². The Bertz CT molecular complexity index is 268. The second-order valence-electron chi connectivity index (χ2n) is 3.44. The van der Waals surface area contributed by atoms with Crippen LogP contribution in [0.2, 0.25) is 0 Å². The standard InChI is InChI=1S/C8H16N2O2S/c1-2-3-4-13(11,12)10-8-5-7(9)6-8/h2,7-8,10H,1,3-6,9H2. The van der Waals surface area contributed by atoms with Crippen molar-refractivity contribution in [3.8, 4) is 0 Å². The number of rotatable bonds is 5. The van der Waals surface area contributed by atoms with Crippen LogP contribution in [0.15, 0.2) is 12.7 Å². The van der Waals surface area contributed by atoms with Crippen molar-refractivity contribution < 1.29 is 8.42 Å². The quantitative estimate of drug-likeness (QED) is 0.618. The van der Waals surface area contributed by atoms with Crippen molar-refractivity contribution in [2.45, 2.75) is 31.3 Å². The summed E-state index contributed by atoms with van der Waals surface area (Å²) in [6.07, 6.45) is 3.61. The highest BCUT2D eigenvalue weighted by Gasteiger charge is 2.28. The van der Waals surface area contributed by atoms with Crippen molar-refractivity contribution in [1.82, 2.24) is 4.72 Å². The van der Waals surface area contributed by atoms with E-state index in [1.54, 1.807) is 6.08 Å². The highest BCUT2D eigenvalue weighted by atomic mass is 32.2. The molecule has 0 bridgehead atoms. The zero-order valence-corrected chi connectivity index (χ0v) is 8.39. The lowest BCUT2D eigenvalue weighted by molar-refractivity contribution is 0.327.